The molecule has 0 saturated carbocycles. The third-order valence-electron chi connectivity index (χ3n) is 4.80. The molecule has 7 heteroatoms. The van der Waals surface area contributed by atoms with Crippen LogP contribution in [-0.2, 0) is 21.1 Å². The molecule has 2 aromatic carbocycles. The fourth-order valence-electron chi connectivity index (χ4n) is 3.21. The Morgan fingerprint density at radius 3 is 2.54 bits per heavy atom. The normalized spacial score (nSPS) is 15.2. The van der Waals surface area contributed by atoms with Gasteiger partial charge in [-0.3, -0.25) is 4.79 Å². The standard InChI is InChI=1S/C19H17FN2O3S/c20-14-5-7-15(8-6-14)26(24,25)16-11-22(12-16)19(23)9-13-10-21-18-4-2-1-3-17(13)18/h1-8,10,16,21H,9,11-12H2. The van der Waals surface area contributed by atoms with E-state index in [0.29, 0.717) is 0 Å². The quantitative estimate of drug-likeness (QED) is 0.716. The molecule has 0 radical (unpaired) electrons. The number of carbonyl (C=O) groups is 1. The second kappa shape index (κ2) is 6.25. The van der Waals surface area contributed by atoms with Crippen LogP contribution in [-0.4, -0.2) is 42.5 Å². The minimum atomic E-state index is -3.55. The van der Waals surface area contributed by atoms with E-state index in [-0.39, 0.29) is 30.3 Å². The molecule has 5 nitrogen and oxygen atoms in total. The number of likely N-dealkylation sites (tertiary alicyclic amines) is 1. The van der Waals surface area contributed by atoms with Gasteiger partial charge in [-0.2, -0.15) is 0 Å². The van der Waals surface area contributed by atoms with Gasteiger partial charge < -0.3 is 9.88 Å². The van der Waals surface area contributed by atoms with Crippen molar-refractivity contribution in [1.82, 2.24) is 9.88 Å². The summed E-state index contributed by atoms with van der Waals surface area (Å²) < 4.78 is 38.0. The van der Waals surface area contributed by atoms with Crippen molar-refractivity contribution in [3.05, 3.63) is 66.1 Å². The Hall–Kier alpha value is -2.67. The zero-order valence-electron chi connectivity index (χ0n) is 13.9. The van der Waals surface area contributed by atoms with E-state index in [1.54, 1.807) is 4.90 Å². The molecule has 0 atom stereocenters. The summed E-state index contributed by atoms with van der Waals surface area (Å²) >= 11 is 0. The average Bonchev–Trinajstić information content (AvgIpc) is 2.97. The number of H-pyrrole nitrogens is 1. The maximum absolute atomic E-state index is 13.0. The molecule has 0 aliphatic carbocycles. The molecule has 1 amide bonds. The van der Waals surface area contributed by atoms with Crippen molar-refractivity contribution < 1.29 is 17.6 Å². The number of nitrogens with one attached hydrogen (secondary N) is 1. The molecule has 1 N–H and O–H groups in total. The number of aromatic amines is 1. The lowest BCUT2D eigenvalue weighted by Crippen LogP contribution is -2.57. The Balaban J connectivity index is 1.42. The van der Waals surface area contributed by atoms with Crippen molar-refractivity contribution >= 4 is 26.6 Å². The second-order valence-electron chi connectivity index (χ2n) is 6.46. The Kier molecular flexibility index (Phi) is 4.03. The number of carbonyl (C=O) groups excluding carboxylic acids is 1. The molecule has 3 aromatic rings. The first-order valence-electron chi connectivity index (χ1n) is 8.27. The number of aromatic nitrogens is 1. The summed E-state index contributed by atoms with van der Waals surface area (Å²) in [6.45, 7) is 0.335. The van der Waals surface area contributed by atoms with Gasteiger partial charge in [-0.05, 0) is 35.9 Å². The van der Waals surface area contributed by atoms with E-state index in [1.807, 2.05) is 30.5 Å². The molecule has 0 unspecified atom stereocenters. The first-order valence-corrected chi connectivity index (χ1v) is 9.82. The highest BCUT2D eigenvalue weighted by atomic mass is 32.2. The van der Waals surface area contributed by atoms with Crippen LogP contribution >= 0.6 is 0 Å². The highest BCUT2D eigenvalue weighted by Gasteiger charge is 2.40. The smallest absolute Gasteiger partial charge is 0.227 e. The number of nitrogens with zero attached hydrogens (tertiary/aromatic N) is 1. The summed E-state index contributed by atoms with van der Waals surface area (Å²) in [6.07, 6.45) is 2.04. The van der Waals surface area contributed by atoms with Gasteiger partial charge in [-0.25, -0.2) is 12.8 Å². The van der Waals surface area contributed by atoms with Crippen LogP contribution in [0.1, 0.15) is 5.56 Å². The van der Waals surface area contributed by atoms with Gasteiger partial charge in [0.2, 0.25) is 5.91 Å². The van der Waals surface area contributed by atoms with Gasteiger partial charge >= 0.3 is 0 Å². The van der Waals surface area contributed by atoms with Crippen molar-refractivity contribution in [2.45, 2.75) is 16.6 Å². The van der Waals surface area contributed by atoms with E-state index in [2.05, 4.69) is 4.98 Å². The van der Waals surface area contributed by atoms with Crippen LogP contribution in [0.25, 0.3) is 10.9 Å². The van der Waals surface area contributed by atoms with Gasteiger partial charge in [-0.15, -0.1) is 0 Å². The molecule has 1 aliphatic rings. The summed E-state index contributed by atoms with van der Waals surface area (Å²) in [6, 6.07) is 12.5. The van der Waals surface area contributed by atoms with Crippen molar-refractivity contribution in [1.29, 1.82) is 0 Å². The van der Waals surface area contributed by atoms with Gasteiger partial charge in [-0.1, -0.05) is 18.2 Å². The fraction of sp³-hybridized carbons (Fsp3) is 0.211. The molecule has 2 heterocycles. The Morgan fingerprint density at radius 2 is 1.81 bits per heavy atom. The molecule has 134 valence electrons. The number of fused-ring (bicyclic) bond motifs is 1. The molecular formula is C19H17FN2O3S. The van der Waals surface area contributed by atoms with Crippen LogP contribution in [0.5, 0.6) is 0 Å². The van der Waals surface area contributed by atoms with Crippen LogP contribution in [0.15, 0.2) is 59.6 Å². The number of hydrogen-bond donors (Lipinski definition) is 1. The van der Waals surface area contributed by atoms with Crippen LogP contribution < -0.4 is 0 Å². The Bertz CT molecular complexity index is 1070. The van der Waals surface area contributed by atoms with E-state index >= 15 is 0 Å². The predicted molar refractivity (Wildman–Crippen MR) is 96.0 cm³/mol. The average molecular weight is 372 g/mol. The monoisotopic (exact) mass is 372 g/mol. The topological polar surface area (TPSA) is 70.2 Å². The van der Waals surface area contributed by atoms with E-state index < -0.39 is 20.9 Å². The SMILES string of the molecule is O=C(Cc1c[nH]c2ccccc12)N1CC(S(=O)(=O)c2ccc(F)cc2)C1. The first kappa shape index (κ1) is 16.8. The number of sulfone groups is 1. The van der Waals surface area contributed by atoms with Crippen LogP contribution in [0.3, 0.4) is 0 Å². The van der Waals surface area contributed by atoms with Crippen LogP contribution in [0, 0.1) is 5.82 Å². The van der Waals surface area contributed by atoms with Gasteiger partial charge in [0.05, 0.1) is 11.3 Å². The molecule has 1 saturated heterocycles. The summed E-state index contributed by atoms with van der Waals surface area (Å²) in [7, 11) is -3.55. The lowest BCUT2D eigenvalue weighted by atomic mass is 10.1. The van der Waals surface area contributed by atoms with Gasteiger partial charge in [0.25, 0.3) is 0 Å². The minimum Gasteiger partial charge on any atom is -0.361 e. The molecule has 26 heavy (non-hydrogen) atoms. The zero-order valence-corrected chi connectivity index (χ0v) is 14.7. The highest BCUT2D eigenvalue weighted by molar-refractivity contribution is 7.92. The number of amides is 1. The van der Waals surface area contributed by atoms with E-state index in [0.717, 1.165) is 28.6 Å². The highest BCUT2D eigenvalue weighted by Crippen LogP contribution is 2.25. The second-order valence-corrected chi connectivity index (χ2v) is 8.68. The first-order chi connectivity index (χ1) is 12.4. The summed E-state index contributed by atoms with van der Waals surface area (Å²) in [5.41, 5.74) is 1.87. The molecule has 0 bridgehead atoms. The van der Waals surface area contributed by atoms with Crippen molar-refractivity contribution in [2.75, 3.05) is 13.1 Å². The largest absolute Gasteiger partial charge is 0.361 e. The molecule has 1 aliphatic heterocycles. The van der Waals surface area contributed by atoms with Crippen LogP contribution in [0.4, 0.5) is 4.39 Å². The zero-order chi connectivity index (χ0) is 18.3. The Morgan fingerprint density at radius 1 is 1.12 bits per heavy atom. The fourth-order valence-corrected chi connectivity index (χ4v) is 4.86. The van der Waals surface area contributed by atoms with E-state index in [4.69, 9.17) is 0 Å². The molecule has 4 rings (SSSR count). The number of rotatable bonds is 4. The molecule has 1 aromatic heterocycles. The molecule has 0 spiro atoms. The number of benzene rings is 2. The van der Waals surface area contributed by atoms with Gasteiger partial charge in [0, 0.05) is 30.2 Å². The number of para-hydroxylation sites is 1. The summed E-state index contributed by atoms with van der Waals surface area (Å²) in [5, 5.41) is 0.358. The third kappa shape index (κ3) is 2.88. The minimum absolute atomic E-state index is 0.0904. The molecule has 1 fully saturated rings. The van der Waals surface area contributed by atoms with Crippen LogP contribution in [0.2, 0.25) is 0 Å². The van der Waals surface area contributed by atoms with Crippen molar-refractivity contribution in [3.63, 3.8) is 0 Å². The predicted octanol–water partition coefficient (Wildman–Crippen LogP) is 2.53. The molecular weight excluding hydrogens is 355 g/mol. The Labute approximate surface area is 150 Å². The maximum atomic E-state index is 13.0. The van der Waals surface area contributed by atoms with Gasteiger partial charge in [0.15, 0.2) is 9.84 Å². The number of hydrogen-bond acceptors (Lipinski definition) is 3. The lowest BCUT2D eigenvalue weighted by molar-refractivity contribution is -0.133. The maximum Gasteiger partial charge on any atom is 0.227 e. The number of halogens is 1. The van der Waals surface area contributed by atoms with E-state index in [1.165, 1.54) is 12.1 Å². The third-order valence-corrected chi connectivity index (χ3v) is 6.90. The lowest BCUT2D eigenvalue weighted by Gasteiger charge is -2.38. The van der Waals surface area contributed by atoms with Crippen molar-refractivity contribution in [2.24, 2.45) is 0 Å². The van der Waals surface area contributed by atoms with Gasteiger partial charge in [0.1, 0.15) is 11.1 Å². The van der Waals surface area contributed by atoms with Crippen molar-refractivity contribution in [3.8, 4) is 0 Å². The summed E-state index contributed by atoms with van der Waals surface area (Å²) in [5.74, 6) is -0.576. The van der Waals surface area contributed by atoms with E-state index in [9.17, 15) is 17.6 Å². The summed E-state index contributed by atoms with van der Waals surface area (Å²) in [4.78, 5) is 17.2.